The van der Waals surface area contributed by atoms with E-state index in [1.807, 2.05) is 35.6 Å². The van der Waals surface area contributed by atoms with Crippen LogP contribution in [0.4, 0.5) is 10.1 Å². The SMILES string of the molecule is Cc1ccc(NC(=O)C(C)Sc2nnc3cc(C)c4ccccc4n23)cc1F. The molecule has 0 bridgehead atoms. The predicted octanol–water partition coefficient (Wildman–Crippen LogP) is 4.76. The summed E-state index contributed by atoms with van der Waals surface area (Å²) in [6, 6.07) is 14.7. The minimum absolute atomic E-state index is 0.221. The standard InChI is InChI=1S/C21H19FN4OS/c1-12-8-9-15(11-17(12)22)23-20(27)14(3)28-21-25-24-19-10-13(2)16-6-4-5-7-18(16)26(19)21/h4-11,14H,1-3H3,(H,23,27). The molecule has 0 fully saturated rings. The maximum atomic E-state index is 13.7. The molecular formula is C21H19FN4OS. The number of amides is 1. The van der Waals surface area contributed by atoms with Gasteiger partial charge in [0.25, 0.3) is 0 Å². The van der Waals surface area contributed by atoms with Gasteiger partial charge in [-0.2, -0.15) is 0 Å². The minimum Gasteiger partial charge on any atom is -0.325 e. The minimum atomic E-state index is -0.433. The number of pyridine rings is 1. The first-order valence-corrected chi connectivity index (χ1v) is 9.79. The van der Waals surface area contributed by atoms with Crippen LogP contribution in [0.2, 0.25) is 0 Å². The van der Waals surface area contributed by atoms with Crippen molar-refractivity contribution in [2.24, 2.45) is 0 Å². The Kier molecular flexibility index (Phi) is 4.77. The van der Waals surface area contributed by atoms with Gasteiger partial charge in [0.15, 0.2) is 10.8 Å². The number of halogens is 1. The smallest absolute Gasteiger partial charge is 0.237 e. The lowest BCUT2D eigenvalue weighted by Crippen LogP contribution is -2.22. The molecule has 2 aromatic carbocycles. The van der Waals surface area contributed by atoms with E-state index in [1.165, 1.54) is 17.8 Å². The van der Waals surface area contributed by atoms with Crippen LogP contribution in [-0.4, -0.2) is 25.8 Å². The van der Waals surface area contributed by atoms with E-state index in [1.54, 1.807) is 26.0 Å². The molecule has 2 aromatic heterocycles. The van der Waals surface area contributed by atoms with Crippen molar-refractivity contribution in [3.05, 3.63) is 65.5 Å². The van der Waals surface area contributed by atoms with Crippen LogP contribution in [0.15, 0.2) is 53.7 Å². The largest absolute Gasteiger partial charge is 0.325 e. The van der Waals surface area contributed by atoms with Crippen LogP contribution in [0.25, 0.3) is 16.6 Å². The molecule has 7 heteroatoms. The van der Waals surface area contributed by atoms with E-state index < -0.39 is 5.25 Å². The molecule has 1 unspecified atom stereocenters. The van der Waals surface area contributed by atoms with Crippen molar-refractivity contribution in [3.8, 4) is 0 Å². The lowest BCUT2D eigenvalue weighted by Gasteiger charge is -2.12. The summed E-state index contributed by atoms with van der Waals surface area (Å²) in [6.45, 7) is 5.52. The van der Waals surface area contributed by atoms with E-state index in [9.17, 15) is 9.18 Å². The van der Waals surface area contributed by atoms with Gasteiger partial charge in [-0.25, -0.2) is 4.39 Å². The summed E-state index contributed by atoms with van der Waals surface area (Å²) in [4.78, 5) is 12.6. The van der Waals surface area contributed by atoms with Gasteiger partial charge < -0.3 is 5.32 Å². The molecule has 0 radical (unpaired) electrons. The van der Waals surface area contributed by atoms with E-state index in [-0.39, 0.29) is 11.7 Å². The number of aryl methyl sites for hydroxylation is 2. The fraction of sp³-hybridized carbons (Fsp3) is 0.190. The number of nitrogens with one attached hydrogen (secondary N) is 1. The molecule has 2 heterocycles. The molecule has 1 N–H and O–H groups in total. The summed E-state index contributed by atoms with van der Waals surface area (Å²) < 4.78 is 15.7. The zero-order chi connectivity index (χ0) is 19.8. The molecule has 0 saturated heterocycles. The molecule has 28 heavy (non-hydrogen) atoms. The van der Waals surface area contributed by atoms with Gasteiger partial charge >= 0.3 is 0 Å². The topological polar surface area (TPSA) is 59.3 Å². The summed E-state index contributed by atoms with van der Waals surface area (Å²) in [5.41, 5.74) is 3.84. The predicted molar refractivity (Wildman–Crippen MR) is 110 cm³/mol. The summed E-state index contributed by atoms with van der Waals surface area (Å²) in [6.07, 6.45) is 0. The monoisotopic (exact) mass is 394 g/mol. The van der Waals surface area contributed by atoms with Gasteiger partial charge in [0, 0.05) is 11.1 Å². The van der Waals surface area contributed by atoms with E-state index in [2.05, 4.69) is 21.6 Å². The molecular weight excluding hydrogens is 375 g/mol. The summed E-state index contributed by atoms with van der Waals surface area (Å²) in [5.74, 6) is -0.565. The average molecular weight is 394 g/mol. The van der Waals surface area contributed by atoms with Crippen LogP contribution in [0.1, 0.15) is 18.1 Å². The number of nitrogens with zero attached hydrogens (tertiary/aromatic N) is 3. The quantitative estimate of drug-likeness (QED) is 0.507. The van der Waals surface area contributed by atoms with Crippen LogP contribution in [0, 0.1) is 19.7 Å². The van der Waals surface area contributed by atoms with Crippen molar-refractivity contribution < 1.29 is 9.18 Å². The Balaban J connectivity index is 1.61. The Morgan fingerprint density at radius 2 is 1.89 bits per heavy atom. The highest BCUT2D eigenvalue weighted by molar-refractivity contribution is 8.00. The van der Waals surface area contributed by atoms with Gasteiger partial charge in [-0.1, -0.05) is 36.0 Å². The molecule has 0 aliphatic rings. The van der Waals surface area contributed by atoms with Gasteiger partial charge in [-0.15, -0.1) is 10.2 Å². The van der Waals surface area contributed by atoms with Gasteiger partial charge in [-0.05, 0) is 56.2 Å². The van der Waals surface area contributed by atoms with E-state index in [0.717, 1.165) is 22.1 Å². The lowest BCUT2D eigenvalue weighted by atomic mass is 10.1. The number of carbonyl (C=O) groups excluding carboxylic acids is 1. The van der Waals surface area contributed by atoms with Crippen molar-refractivity contribution in [3.63, 3.8) is 0 Å². The molecule has 0 spiro atoms. The molecule has 5 nitrogen and oxygen atoms in total. The number of anilines is 1. The third-order valence-electron chi connectivity index (χ3n) is 4.66. The number of benzene rings is 2. The van der Waals surface area contributed by atoms with Crippen molar-refractivity contribution in [1.29, 1.82) is 0 Å². The van der Waals surface area contributed by atoms with Crippen LogP contribution < -0.4 is 5.32 Å². The maximum absolute atomic E-state index is 13.7. The number of fused-ring (bicyclic) bond motifs is 3. The fourth-order valence-corrected chi connectivity index (χ4v) is 3.94. The van der Waals surface area contributed by atoms with E-state index >= 15 is 0 Å². The number of hydrogen-bond donors (Lipinski definition) is 1. The van der Waals surface area contributed by atoms with Crippen molar-refractivity contribution in [2.75, 3.05) is 5.32 Å². The second-order valence-electron chi connectivity index (χ2n) is 6.73. The van der Waals surface area contributed by atoms with Crippen LogP contribution in [0.3, 0.4) is 0 Å². The molecule has 4 aromatic rings. The van der Waals surface area contributed by atoms with Crippen molar-refractivity contribution in [1.82, 2.24) is 14.6 Å². The molecule has 4 rings (SSSR count). The van der Waals surface area contributed by atoms with E-state index in [0.29, 0.717) is 16.4 Å². The molecule has 0 aliphatic carbocycles. The summed E-state index contributed by atoms with van der Waals surface area (Å²) in [5, 5.41) is 12.6. The first-order valence-electron chi connectivity index (χ1n) is 8.91. The van der Waals surface area contributed by atoms with Gasteiger partial charge in [0.1, 0.15) is 5.82 Å². The number of aromatic nitrogens is 3. The van der Waals surface area contributed by atoms with Crippen LogP contribution in [0.5, 0.6) is 0 Å². The molecule has 0 aliphatic heterocycles. The van der Waals surface area contributed by atoms with Crippen LogP contribution >= 0.6 is 11.8 Å². The zero-order valence-corrected chi connectivity index (χ0v) is 16.5. The molecule has 142 valence electrons. The number of carbonyl (C=O) groups is 1. The van der Waals surface area contributed by atoms with E-state index in [4.69, 9.17) is 0 Å². The first-order chi connectivity index (χ1) is 13.4. The third-order valence-corrected chi connectivity index (χ3v) is 5.71. The Morgan fingerprint density at radius 3 is 2.68 bits per heavy atom. The highest BCUT2D eigenvalue weighted by atomic mass is 32.2. The van der Waals surface area contributed by atoms with Crippen molar-refractivity contribution in [2.45, 2.75) is 31.2 Å². The number of hydrogen-bond acceptors (Lipinski definition) is 4. The Bertz CT molecular complexity index is 1200. The van der Waals surface area contributed by atoms with Gasteiger partial charge in [0.2, 0.25) is 5.91 Å². The van der Waals surface area contributed by atoms with Gasteiger partial charge in [-0.3, -0.25) is 9.20 Å². The molecule has 0 saturated carbocycles. The second kappa shape index (κ2) is 7.24. The zero-order valence-electron chi connectivity index (χ0n) is 15.7. The lowest BCUT2D eigenvalue weighted by molar-refractivity contribution is -0.115. The molecule has 1 amide bonds. The Labute approximate surface area is 166 Å². The number of rotatable bonds is 4. The third kappa shape index (κ3) is 3.33. The van der Waals surface area contributed by atoms with Crippen LogP contribution in [-0.2, 0) is 4.79 Å². The van der Waals surface area contributed by atoms with Crippen molar-refractivity contribution >= 4 is 39.9 Å². The van der Waals surface area contributed by atoms with Gasteiger partial charge in [0.05, 0.1) is 10.8 Å². The second-order valence-corrected chi connectivity index (χ2v) is 8.04. The highest BCUT2D eigenvalue weighted by Crippen LogP contribution is 2.28. The Morgan fingerprint density at radius 1 is 1.11 bits per heavy atom. The average Bonchev–Trinajstić information content (AvgIpc) is 3.07. The fourth-order valence-electron chi connectivity index (χ4n) is 3.08. The first kappa shape index (κ1) is 18.4. The highest BCUT2D eigenvalue weighted by Gasteiger charge is 2.19. The molecule has 1 atom stereocenters. The number of thioether (sulfide) groups is 1. The normalized spacial score (nSPS) is 12.4. The number of para-hydroxylation sites is 1. The maximum Gasteiger partial charge on any atom is 0.237 e. The summed E-state index contributed by atoms with van der Waals surface area (Å²) in [7, 11) is 0. The Hall–Kier alpha value is -2.93. The summed E-state index contributed by atoms with van der Waals surface area (Å²) >= 11 is 1.32.